The molecule has 1 N–H and O–H groups in total. The summed E-state index contributed by atoms with van der Waals surface area (Å²) < 4.78 is 5.55. The fourth-order valence-corrected chi connectivity index (χ4v) is 3.79. The minimum Gasteiger partial charge on any atom is -0.356 e. The van der Waals surface area contributed by atoms with Crippen molar-refractivity contribution in [2.24, 2.45) is 0 Å². The number of carbonyl (C=O) groups is 2. The normalized spacial score (nSPS) is 17.9. The summed E-state index contributed by atoms with van der Waals surface area (Å²) in [5.74, 6) is 0.983. The van der Waals surface area contributed by atoms with Crippen LogP contribution in [0.3, 0.4) is 0 Å². The zero-order chi connectivity index (χ0) is 22.2. The van der Waals surface area contributed by atoms with Crippen molar-refractivity contribution in [3.05, 3.63) is 60.5 Å². The van der Waals surface area contributed by atoms with Crippen LogP contribution in [0.4, 0.5) is 0 Å². The van der Waals surface area contributed by atoms with Crippen LogP contribution in [0.2, 0.25) is 0 Å². The van der Waals surface area contributed by atoms with E-state index in [1.807, 2.05) is 24.3 Å². The van der Waals surface area contributed by atoms with Crippen LogP contribution < -0.4 is 5.32 Å². The summed E-state index contributed by atoms with van der Waals surface area (Å²) in [6.07, 6.45) is 9.59. The third-order valence-electron chi connectivity index (χ3n) is 5.55. The van der Waals surface area contributed by atoms with E-state index in [0.29, 0.717) is 37.8 Å². The van der Waals surface area contributed by atoms with Crippen LogP contribution in [-0.4, -0.2) is 56.5 Å². The van der Waals surface area contributed by atoms with Crippen LogP contribution in [0.5, 0.6) is 0 Å². The molecule has 2 amide bonds. The molecule has 0 saturated carbocycles. The molecular weight excluding hydrogens is 408 g/mol. The molecule has 4 heterocycles. The molecule has 9 heteroatoms. The van der Waals surface area contributed by atoms with E-state index in [1.54, 1.807) is 29.7 Å². The van der Waals surface area contributed by atoms with Gasteiger partial charge in [0.1, 0.15) is 0 Å². The zero-order valence-corrected chi connectivity index (χ0v) is 17.8. The predicted molar refractivity (Wildman–Crippen MR) is 116 cm³/mol. The van der Waals surface area contributed by atoms with Crippen molar-refractivity contribution in [3.63, 3.8) is 0 Å². The van der Waals surface area contributed by atoms with Gasteiger partial charge in [-0.25, -0.2) is 0 Å². The minimum absolute atomic E-state index is 0.00148. The fraction of sp³-hybridized carbons (Fsp3) is 0.391. The highest BCUT2D eigenvalue weighted by atomic mass is 16.5. The number of carbonyl (C=O) groups excluding carboxylic acids is 2. The summed E-state index contributed by atoms with van der Waals surface area (Å²) in [5, 5.41) is 7.04. The van der Waals surface area contributed by atoms with Crippen molar-refractivity contribution in [1.29, 1.82) is 0 Å². The molecule has 1 saturated heterocycles. The average Bonchev–Trinajstić information content (AvgIpc) is 3.30. The standard InChI is InChI=1S/C23H26N6O3/c30-20-8-13-29(21(31)14-17-4-1-9-24-15-17)12-3-6-18(7-11-26-20)23-27-22(28-32-23)19-5-2-10-25-16-19/h1-2,4-5,9-10,15-16,18H,3,6-8,11-14H2,(H,26,30). The van der Waals surface area contributed by atoms with E-state index in [4.69, 9.17) is 4.52 Å². The first kappa shape index (κ1) is 21.6. The third-order valence-corrected chi connectivity index (χ3v) is 5.55. The Labute approximate surface area is 186 Å². The van der Waals surface area contributed by atoms with Crippen molar-refractivity contribution in [3.8, 4) is 11.4 Å². The van der Waals surface area contributed by atoms with Gasteiger partial charge in [0.2, 0.25) is 23.5 Å². The molecular formula is C23H26N6O3. The summed E-state index contributed by atoms with van der Waals surface area (Å²) in [4.78, 5) is 39.6. The molecule has 0 aromatic carbocycles. The van der Waals surface area contributed by atoms with Crippen molar-refractivity contribution in [1.82, 2.24) is 30.3 Å². The second kappa shape index (κ2) is 10.6. The Kier molecular flexibility index (Phi) is 7.16. The molecule has 3 aromatic rings. The lowest BCUT2D eigenvalue weighted by Gasteiger charge is -2.22. The number of amides is 2. The van der Waals surface area contributed by atoms with E-state index in [1.165, 1.54) is 0 Å². The largest absolute Gasteiger partial charge is 0.356 e. The Hall–Kier alpha value is -3.62. The summed E-state index contributed by atoms with van der Waals surface area (Å²) in [6, 6.07) is 7.41. The Morgan fingerprint density at radius 2 is 1.97 bits per heavy atom. The molecule has 1 unspecified atom stereocenters. The maximum atomic E-state index is 12.9. The van der Waals surface area contributed by atoms with Crippen molar-refractivity contribution < 1.29 is 14.1 Å². The van der Waals surface area contributed by atoms with E-state index in [0.717, 1.165) is 24.0 Å². The van der Waals surface area contributed by atoms with Gasteiger partial charge in [0.05, 0.1) is 6.42 Å². The monoisotopic (exact) mass is 434 g/mol. The Bertz CT molecular complexity index is 1020. The predicted octanol–water partition coefficient (Wildman–Crippen LogP) is 2.37. The van der Waals surface area contributed by atoms with E-state index < -0.39 is 0 Å². The van der Waals surface area contributed by atoms with Crippen LogP contribution in [0.1, 0.15) is 43.1 Å². The van der Waals surface area contributed by atoms with Gasteiger partial charge in [0.25, 0.3) is 0 Å². The van der Waals surface area contributed by atoms with Crippen LogP contribution in [0.15, 0.2) is 53.6 Å². The number of aromatic nitrogens is 4. The quantitative estimate of drug-likeness (QED) is 0.670. The number of nitrogens with zero attached hydrogens (tertiary/aromatic N) is 5. The molecule has 3 aromatic heterocycles. The van der Waals surface area contributed by atoms with Crippen LogP contribution >= 0.6 is 0 Å². The van der Waals surface area contributed by atoms with Gasteiger partial charge >= 0.3 is 0 Å². The second-order valence-corrected chi connectivity index (χ2v) is 7.84. The lowest BCUT2D eigenvalue weighted by molar-refractivity contribution is -0.131. The molecule has 0 aliphatic carbocycles. The van der Waals surface area contributed by atoms with E-state index in [2.05, 4.69) is 25.4 Å². The summed E-state index contributed by atoms with van der Waals surface area (Å²) in [7, 11) is 0. The molecule has 4 rings (SSSR count). The molecule has 166 valence electrons. The molecule has 1 atom stereocenters. The van der Waals surface area contributed by atoms with Gasteiger partial charge in [-0.05, 0) is 43.0 Å². The molecule has 9 nitrogen and oxygen atoms in total. The number of hydrogen-bond acceptors (Lipinski definition) is 7. The Balaban J connectivity index is 1.43. The number of rotatable bonds is 4. The van der Waals surface area contributed by atoms with Gasteiger partial charge < -0.3 is 14.7 Å². The van der Waals surface area contributed by atoms with Crippen molar-refractivity contribution in [2.45, 2.75) is 38.0 Å². The van der Waals surface area contributed by atoms with E-state index in [9.17, 15) is 9.59 Å². The lowest BCUT2D eigenvalue weighted by Crippen LogP contribution is -2.36. The summed E-state index contributed by atoms with van der Waals surface area (Å²) in [5.41, 5.74) is 1.66. The Morgan fingerprint density at radius 1 is 1.12 bits per heavy atom. The zero-order valence-electron chi connectivity index (χ0n) is 17.8. The topological polar surface area (TPSA) is 114 Å². The SMILES string of the molecule is O=C1CCN(C(=O)Cc2cccnc2)CCCC(c2nc(-c3cccnc3)no2)CCN1. The van der Waals surface area contributed by atoms with Crippen molar-refractivity contribution >= 4 is 11.8 Å². The van der Waals surface area contributed by atoms with Gasteiger partial charge in [-0.3, -0.25) is 19.6 Å². The highest BCUT2D eigenvalue weighted by molar-refractivity contribution is 5.80. The third kappa shape index (κ3) is 5.75. The van der Waals surface area contributed by atoms with Gasteiger partial charge in [-0.2, -0.15) is 4.98 Å². The molecule has 0 spiro atoms. The molecule has 1 fully saturated rings. The van der Waals surface area contributed by atoms with E-state index >= 15 is 0 Å². The Morgan fingerprint density at radius 3 is 2.75 bits per heavy atom. The first-order valence-corrected chi connectivity index (χ1v) is 10.9. The smallest absolute Gasteiger partial charge is 0.230 e. The molecule has 1 aliphatic heterocycles. The van der Waals surface area contributed by atoms with Gasteiger partial charge in [-0.15, -0.1) is 0 Å². The highest BCUT2D eigenvalue weighted by Crippen LogP contribution is 2.26. The molecule has 1 aliphatic rings. The minimum atomic E-state index is -0.0635. The molecule has 0 radical (unpaired) electrons. The van der Waals surface area contributed by atoms with Gasteiger partial charge in [0.15, 0.2) is 0 Å². The first-order valence-electron chi connectivity index (χ1n) is 10.9. The van der Waals surface area contributed by atoms with E-state index in [-0.39, 0.29) is 30.6 Å². The highest BCUT2D eigenvalue weighted by Gasteiger charge is 2.23. The number of nitrogens with one attached hydrogen (secondary N) is 1. The number of pyridine rings is 2. The second-order valence-electron chi connectivity index (χ2n) is 7.84. The maximum Gasteiger partial charge on any atom is 0.230 e. The summed E-state index contributed by atoms with van der Waals surface area (Å²) in [6.45, 7) is 1.51. The molecule has 32 heavy (non-hydrogen) atoms. The summed E-state index contributed by atoms with van der Waals surface area (Å²) >= 11 is 0. The van der Waals surface area contributed by atoms with Crippen LogP contribution in [0, 0.1) is 0 Å². The lowest BCUT2D eigenvalue weighted by atomic mass is 9.99. The maximum absolute atomic E-state index is 12.9. The van der Waals surface area contributed by atoms with Crippen molar-refractivity contribution in [2.75, 3.05) is 19.6 Å². The average molecular weight is 435 g/mol. The van der Waals surface area contributed by atoms with Gasteiger partial charge in [-0.1, -0.05) is 11.2 Å². The van der Waals surface area contributed by atoms with Crippen LogP contribution in [0.25, 0.3) is 11.4 Å². The molecule has 0 bridgehead atoms. The first-order chi connectivity index (χ1) is 15.7. The van der Waals surface area contributed by atoms with Crippen LogP contribution in [-0.2, 0) is 16.0 Å². The fourth-order valence-electron chi connectivity index (χ4n) is 3.79. The number of hydrogen-bond donors (Lipinski definition) is 1. The van der Waals surface area contributed by atoms with Gasteiger partial charge in [0, 0.05) is 62.3 Å².